The van der Waals surface area contributed by atoms with E-state index in [2.05, 4.69) is 0 Å². The van der Waals surface area contributed by atoms with Gasteiger partial charge in [0.25, 0.3) is 0 Å². The SMILES string of the molecule is O=C(/C=C\c1ccc(O)c(O)c1)O[C@@H]1CC(O)(C(=O)O)CC(O)C1O. The monoisotopic (exact) mass is 354 g/mol. The molecule has 9 nitrogen and oxygen atoms in total. The molecule has 0 heterocycles. The number of aromatic hydroxyl groups is 2. The molecule has 1 fully saturated rings. The lowest BCUT2D eigenvalue weighted by molar-refractivity contribution is -0.196. The number of carbonyl (C=O) groups is 2. The molecule has 0 amide bonds. The van der Waals surface area contributed by atoms with Gasteiger partial charge in [-0.3, -0.25) is 0 Å². The second kappa shape index (κ2) is 7.09. The van der Waals surface area contributed by atoms with E-state index in [1.54, 1.807) is 0 Å². The van der Waals surface area contributed by atoms with Gasteiger partial charge in [-0.15, -0.1) is 0 Å². The largest absolute Gasteiger partial charge is 0.504 e. The van der Waals surface area contributed by atoms with Crippen LogP contribution in [0.25, 0.3) is 6.08 Å². The molecule has 1 aromatic rings. The average Bonchev–Trinajstić information content (AvgIpc) is 2.53. The molecule has 136 valence electrons. The molecule has 1 aliphatic carbocycles. The van der Waals surface area contributed by atoms with E-state index in [1.807, 2.05) is 0 Å². The lowest BCUT2D eigenvalue weighted by Crippen LogP contribution is -2.57. The van der Waals surface area contributed by atoms with Crippen molar-refractivity contribution in [2.45, 2.75) is 36.8 Å². The zero-order valence-corrected chi connectivity index (χ0v) is 12.9. The van der Waals surface area contributed by atoms with Crippen LogP contribution in [0.2, 0.25) is 0 Å². The van der Waals surface area contributed by atoms with Crippen LogP contribution in [0, 0.1) is 0 Å². The summed E-state index contributed by atoms with van der Waals surface area (Å²) >= 11 is 0. The van der Waals surface area contributed by atoms with E-state index in [0.717, 1.165) is 6.08 Å². The Morgan fingerprint density at radius 2 is 1.84 bits per heavy atom. The van der Waals surface area contributed by atoms with Gasteiger partial charge < -0.3 is 35.4 Å². The smallest absolute Gasteiger partial charge is 0.335 e. The summed E-state index contributed by atoms with van der Waals surface area (Å²) in [5.41, 5.74) is -1.94. The first-order valence-electron chi connectivity index (χ1n) is 7.35. The fourth-order valence-electron chi connectivity index (χ4n) is 2.53. The molecule has 2 rings (SSSR count). The molecule has 1 aromatic carbocycles. The molecule has 25 heavy (non-hydrogen) atoms. The molecule has 3 unspecified atom stereocenters. The highest BCUT2D eigenvalue weighted by Gasteiger charge is 2.50. The van der Waals surface area contributed by atoms with Crippen LogP contribution in [0.3, 0.4) is 0 Å². The first kappa shape index (κ1) is 18.7. The summed E-state index contributed by atoms with van der Waals surface area (Å²) < 4.78 is 4.92. The number of hydrogen-bond donors (Lipinski definition) is 6. The first-order chi connectivity index (χ1) is 11.6. The number of benzene rings is 1. The minimum absolute atomic E-state index is 0.327. The Kier molecular flexibility index (Phi) is 5.31. The minimum atomic E-state index is -2.31. The van der Waals surface area contributed by atoms with Gasteiger partial charge in [0, 0.05) is 18.9 Å². The Morgan fingerprint density at radius 1 is 1.16 bits per heavy atom. The van der Waals surface area contributed by atoms with Crippen molar-refractivity contribution in [3.8, 4) is 11.5 Å². The number of esters is 1. The van der Waals surface area contributed by atoms with E-state index in [1.165, 1.54) is 24.3 Å². The molecule has 1 aliphatic rings. The van der Waals surface area contributed by atoms with Crippen molar-refractivity contribution in [3.63, 3.8) is 0 Å². The van der Waals surface area contributed by atoms with Crippen LogP contribution < -0.4 is 0 Å². The van der Waals surface area contributed by atoms with Crippen LogP contribution in [0.4, 0.5) is 0 Å². The number of hydrogen-bond acceptors (Lipinski definition) is 8. The van der Waals surface area contributed by atoms with Crippen molar-refractivity contribution in [1.29, 1.82) is 0 Å². The fourth-order valence-corrected chi connectivity index (χ4v) is 2.53. The second-order valence-corrected chi connectivity index (χ2v) is 5.86. The molecule has 4 atom stereocenters. The number of carboxylic acids is 1. The van der Waals surface area contributed by atoms with Gasteiger partial charge in [-0.05, 0) is 23.8 Å². The van der Waals surface area contributed by atoms with Crippen molar-refractivity contribution in [2.24, 2.45) is 0 Å². The summed E-state index contributed by atoms with van der Waals surface area (Å²) in [5, 5.41) is 57.0. The molecular weight excluding hydrogens is 336 g/mol. The summed E-state index contributed by atoms with van der Waals surface area (Å²) in [6.45, 7) is 0. The Labute approximate surface area is 142 Å². The Hall–Kier alpha value is -2.62. The van der Waals surface area contributed by atoms with Gasteiger partial charge in [-0.25, -0.2) is 9.59 Å². The highest BCUT2D eigenvalue weighted by Crippen LogP contribution is 2.31. The fraction of sp³-hybridized carbons (Fsp3) is 0.375. The lowest BCUT2D eigenvalue weighted by atomic mass is 9.79. The van der Waals surface area contributed by atoms with E-state index in [0.29, 0.717) is 5.56 Å². The third-order valence-corrected chi connectivity index (χ3v) is 3.94. The van der Waals surface area contributed by atoms with Gasteiger partial charge in [-0.2, -0.15) is 0 Å². The summed E-state index contributed by atoms with van der Waals surface area (Å²) in [7, 11) is 0. The summed E-state index contributed by atoms with van der Waals surface area (Å²) in [5.74, 6) is -3.24. The maximum absolute atomic E-state index is 11.8. The van der Waals surface area contributed by atoms with Gasteiger partial charge in [0.2, 0.25) is 0 Å². The quantitative estimate of drug-likeness (QED) is 0.234. The maximum Gasteiger partial charge on any atom is 0.335 e. The van der Waals surface area contributed by atoms with Crippen LogP contribution >= 0.6 is 0 Å². The van der Waals surface area contributed by atoms with Crippen molar-refractivity contribution < 1.29 is 45.0 Å². The molecule has 6 N–H and O–H groups in total. The molecule has 9 heteroatoms. The van der Waals surface area contributed by atoms with E-state index in [9.17, 15) is 35.1 Å². The van der Waals surface area contributed by atoms with Gasteiger partial charge in [0.15, 0.2) is 17.1 Å². The topological polar surface area (TPSA) is 165 Å². The van der Waals surface area contributed by atoms with Crippen molar-refractivity contribution in [3.05, 3.63) is 29.8 Å². The first-order valence-corrected chi connectivity index (χ1v) is 7.35. The predicted octanol–water partition coefficient (Wildman–Crippen LogP) is -0.646. The Balaban J connectivity index is 2.06. The van der Waals surface area contributed by atoms with E-state index < -0.39 is 48.7 Å². The summed E-state index contributed by atoms with van der Waals surface area (Å²) in [6.07, 6.45) is -3.44. The number of ether oxygens (including phenoxy) is 1. The second-order valence-electron chi connectivity index (χ2n) is 5.86. The van der Waals surface area contributed by atoms with Gasteiger partial charge in [0.05, 0.1) is 6.10 Å². The number of rotatable bonds is 4. The molecule has 0 radical (unpaired) electrons. The highest BCUT2D eigenvalue weighted by atomic mass is 16.6. The van der Waals surface area contributed by atoms with Crippen LogP contribution in [-0.2, 0) is 14.3 Å². The third kappa shape index (κ3) is 4.27. The van der Waals surface area contributed by atoms with E-state index >= 15 is 0 Å². The van der Waals surface area contributed by atoms with Crippen LogP contribution in [0.5, 0.6) is 11.5 Å². The molecular formula is C16H18O9. The van der Waals surface area contributed by atoms with Crippen molar-refractivity contribution in [2.75, 3.05) is 0 Å². The highest BCUT2D eigenvalue weighted by molar-refractivity contribution is 5.87. The van der Waals surface area contributed by atoms with E-state index in [4.69, 9.17) is 9.84 Å². The maximum atomic E-state index is 11.8. The minimum Gasteiger partial charge on any atom is -0.504 e. The van der Waals surface area contributed by atoms with Crippen molar-refractivity contribution in [1.82, 2.24) is 0 Å². The zero-order chi connectivity index (χ0) is 18.8. The number of carbonyl (C=O) groups excluding carboxylic acids is 1. The normalized spacial score (nSPS) is 29.5. The summed E-state index contributed by atoms with van der Waals surface area (Å²) in [4.78, 5) is 22.9. The number of aliphatic hydroxyl groups is 3. The summed E-state index contributed by atoms with van der Waals surface area (Å²) in [6, 6.07) is 3.83. The standard InChI is InChI=1S/C16H18O9/c17-9-3-1-8(5-10(9)18)2-4-13(20)25-12-7-16(24,15(22)23)6-11(19)14(12)21/h1-5,11-12,14,17-19,21,24H,6-7H2,(H,22,23)/b4-2-/t11?,12-,14?,16?/m1/s1. The Bertz CT molecular complexity index is 699. The van der Waals surface area contributed by atoms with Crippen LogP contribution in [0.15, 0.2) is 24.3 Å². The van der Waals surface area contributed by atoms with E-state index in [-0.39, 0.29) is 11.5 Å². The Morgan fingerprint density at radius 3 is 2.44 bits per heavy atom. The number of carboxylic acid groups (broad SMARTS) is 1. The third-order valence-electron chi connectivity index (χ3n) is 3.94. The number of phenols is 2. The zero-order valence-electron chi connectivity index (χ0n) is 12.9. The van der Waals surface area contributed by atoms with Crippen LogP contribution in [0.1, 0.15) is 18.4 Å². The van der Waals surface area contributed by atoms with Gasteiger partial charge in [0.1, 0.15) is 12.2 Å². The average molecular weight is 354 g/mol. The molecule has 0 aliphatic heterocycles. The van der Waals surface area contributed by atoms with Gasteiger partial charge >= 0.3 is 11.9 Å². The molecule has 0 bridgehead atoms. The molecule has 0 saturated heterocycles. The number of phenolic OH excluding ortho intramolecular Hbond substituents is 2. The van der Waals surface area contributed by atoms with Crippen LogP contribution in [-0.4, -0.2) is 66.5 Å². The number of aliphatic hydroxyl groups excluding tert-OH is 2. The molecule has 1 saturated carbocycles. The van der Waals surface area contributed by atoms with Crippen molar-refractivity contribution >= 4 is 18.0 Å². The predicted molar refractivity (Wildman–Crippen MR) is 82.5 cm³/mol. The number of aliphatic carboxylic acids is 1. The molecule has 0 aromatic heterocycles. The lowest BCUT2D eigenvalue weighted by Gasteiger charge is -2.39. The molecule has 0 spiro atoms. The van der Waals surface area contributed by atoms with Gasteiger partial charge in [-0.1, -0.05) is 6.07 Å².